The molecule has 0 unspecified atom stereocenters. The number of rotatable bonds is 5. The van der Waals surface area contributed by atoms with Crippen molar-refractivity contribution in [2.24, 2.45) is 5.92 Å². The molecule has 21 heavy (non-hydrogen) atoms. The first-order chi connectivity index (χ1) is 9.97. The van der Waals surface area contributed by atoms with Crippen molar-refractivity contribution in [2.45, 2.75) is 39.2 Å². The first-order valence-corrected chi connectivity index (χ1v) is 7.19. The number of carbonyl (C=O) groups is 2. The Hall–Kier alpha value is -2.04. The summed E-state index contributed by atoms with van der Waals surface area (Å²) in [7, 11) is 0. The standard InChI is InChI=1S/C16H21NO4/c1-10-6-7-14(11(2)8-10)21-9-15(18)17-13-5-3-4-12(13)16(19)20/h6-8,12-13H,3-5,9H2,1-2H3,(H,17,18)(H,19,20)/t12-,13+/m0/s1. The summed E-state index contributed by atoms with van der Waals surface area (Å²) >= 11 is 0. The van der Waals surface area contributed by atoms with Crippen molar-refractivity contribution in [1.82, 2.24) is 5.32 Å². The van der Waals surface area contributed by atoms with Crippen molar-refractivity contribution in [1.29, 1.82) is 0 Å². The van der Waals surface area contributed by atoms with E-state index in [-0.39, 0.29) is 18.6 Å². The number of hydrogen-bond donors (Lipinski definition) is 2. The van der Waals surface area contributed by atoms with Crippen LogP contribution in [-0.4, -0.2) is 29.6 Å². The molecule has 0 heterocycles. The highest BCUT2D eigenvalue weighted by Crippen LogP contribution is 2.25. The molecule has 1 amide bonds. The van der Waals surface area contributed by atoms with Gasteiger partial charge in [-0.05, 0) is 38.3 Å². The summed E-state index contributed by atoms with van der Waals surface area (Å²) in [5, 5.41) is 11.9. The molecule has 1 aliphatic rings. The smallest absolute Gasteiger partial charge is 0.308 e. The molecule has 1 saturated carbocycles. The quantitative estimate of drug-likeness (QED) is 0.870. The first kappa shape index (κ1) is 15.4. The van der Waals surface area contributed by atoms with Crippen LogP contribution in [0.15, 0.2) is 18.2 Å². The Labute approximate surface area is 124 Å². The summed E-state index contributed by atoms with van der Waals surface area (Å²) in [6.45, 7) is 3.83. The maximum absolute atomic E-state index is 11.9. The van der Waals surface area contributed by atoms with E-state index in [1.54, 1.807) is 0 Å². The van der Waals surface area contributed by atoms with Crippen LogP contribution in [0, 0.1) is 19.8 Å². The minimum absolute atomic E-state index is 0.0905. The zero-order valence-corrected chi connectivity index (χ0v) is 12.4. The van der Waals surface area contributed by atoms with Crippen molar-refractivity contribution >= 4 is 11.9 Å². The topological polar surface area (TPSA) is 75.6 Å². The van der Waals surface area contributed by atoms with Crippen molar-refractivity contribution in [3.8, 4) is 5.75 Å². The summed E-state index contributed by atoms with van der Waals surface area (Å²) < 4.78 is 5.50. The highest BCUT2D eigenvalue weighted by Gasteiger charge is 2.33. The number of nitrogens with one attached hydrogen (secondary N) is 1. The fourth-order valence-corrected chi connectivity index (χ4v) is 2.78. The average molecular weight is 291 g/mol. The number of carboxylic acids is 1. The lowest BCUT2D eigenvalue weighted by molar-refractivity contribution is -0.142. The number of amides is 1. The molecule has 1 fully saturated rings. The van der Waals surface area contributed by atoms with Crippen molar-refractivity contribution < 1.29 is 19.4 Å². The molecule has 1 aromatic rings. The molecule has 2 atom stereocenters. The maximum atomic E-state index is 11.9. The van der Waals surface area contributed by atoms with Gasteiger partial charge < -0.3 is 15.2 Å². The largest absolute Gasteiger partial charge is 0.484 e. The van der Waals surface area contributed by atoms with Crippen molar-refractivity contribution in [3.05, 3.63) is 29.3 Å². The molecule has 0 spiro atoms. The van der Waals surface area contributed by atoms with Gasteiger partial charge in [0.15, 0.2) is 6.61 Å². The third kappa shape index (κ3) is 3.97. The van der Waals surface area contributed by atoms with E-state index in [0.29, 0.717) is 18.6 Å². The van der Waals surface area contributed by atoms with Gasteiger partial charge in [0.2, 0.25) is 0 Å². The van der Waals surface area contributed by atoms with E-state index in [9.17, 15) is 9.59 Å². The molecule has 5 nitrogen and oxygen atoms in total. The second-order valence-electron chi connectivity index (χ2n) is 5.61. The van der Waals surface area contributed by atoms with Crippen LogP contribution in [0.4, 0.5) is 0 Å². The van der Waals surface area contributed by atoms with Gasteiger partial charge in [0.25, 0.3) is 5.91 Å². The number of aliphatic carboxylic acids is 1. The van der Waals surface area contributed by atoms with Crippen LogP contribution in [0.1, 0.15) is 30.4 Å². The van der Waals surface area contributed by atoms with Crippen LogP contribution in [-0.2, 0) is 9.59 Å². The van der Waals surface area contributed by atoms with Gasteiger partial charge >= 0.3 is 5.97 Å². The second kappa shape index (κ2) is 6.61. The Morgan fingerprint density at radius 1 is 1.33 bits per heavy atom. The Morgan fingerprint density at radius 2 is 2.10 bits per heavy atom. The van der Waals surface area contributed by atoms with E-state index >= 15 is 0 Å². The molecular weight excluding hydrogens is 270 g/mol. The minimum atomic E-state index is -0.840. The highest BCUT2D eigenvalue weighted by molar-refractivity contribution is 5.79. The molecule has 0 bridgehead atoms. The number of benzene rings is 1. The number of carboxylic acid groups (broad SMARTS) is 1. The summed E-state index contributed by atoms with van der Waals surface area (Å²) in [6, 6.07) is 5.48. The number of hydrogen-bond acceptors (Lipinski definition) is 3. The fraction of sp³-hybridized carbons (Fsp3) is 0.500. The van der Waals surface area contributed by atoms with Crippen LogP contribution >= 0.6 is 0 Å². The predicted octanol–water partition coefficient (Wildman–Crippen LogP) is 2.05. The lowest BCUT2D eigenvalue weighted by Crippen LogP contribution is -2.42. The lowest BCUT2D eigenvalue weighted by Gasteiger charge is -2.18. The zero-order valence-electron chi connectivity index (χ0n) is 12.4. The normalized spacial score (nSPS) is 21.0. The van der Waals surface area contributed by atoms with E-state index in [1.807, 2.05) is 32.0 Å². The molecule has 1 aliphatic carbocycles. The van der Waals surface area contributed by atoms with Crippen LogP contribution in [0.3, 0.4) is 0 Å². The molecule has 5 heteroatoms. The van der Waals surface area contributed by atoms with Crippen LogP contribution < -0.4 is 10.1 Å². The van der Waals surface area contributed by atoms with E-state index < -0.39 is 11.9 Å². The molecule has 1 aromatic carbocycles. The third-order valence-corrected chi connectivity index (χ3v) is 3.87. The number of ether oxygens (including phenoxy) is 1. The lowest BCUT2D eigenvalue weighted by atomic mass is 10.0. The first-order valence-electron chi connectivity index (χ1n) is 7.19. The highest BCUT2D eigenvalue weighted by atomic mass is 16.5. The van der Waals surface area contributed by atoms with E-state index in [0.717, 1.165) is 17.5 Å². The third-order valence-electron chi connectivity index (χ3n) is 3.87. The van der Waals surface area contributed by atoms with E-state index in [2.05, 4.69) is 5.32 Å². The Bertz CT molecular complexity index is 541. The molecular formula is C16H21NO4. The molecule has 2 rings (SSSR count). The van der Waals surface area contributed by atoms with E-state index in [4.69, 9.17) is 9.84 Å². The summed E-state index contributed by atoms with van der Waals surface area (Å²) in [4.78, 5) is 23.0. The predicted molar refractivity (Wildman–Crippen MR) is 78.3 cm³/mol. The van der Waals surface area contributed by atoms with Gasteiger partial charge in [0, 0.05) is 6.04 Å². The van der Waals surface area contributed by atoms with Gasteiger partial charge in [-0.3, -0.25) is 9.59 Å². The number of carbonyl (C=O) groups excluding carboxylic acids is 1. The Kier molecular flexibility index (Phi) is 4.83. The molecule has 0 saturated heterocycles. The molecule has 0 radical (unpaired) electrons. The maximum Gasteiger partial charge on any atom is 0.308 e. The van der Waals surface area contributed by atoms with Gasteiger partial charge in [-0.1, -0.05) is 24.1 Å². The molecule has 114 valence electrons. The van der Waals surface area contributed by atoms with Crippen LogP contribution in [0.25, 0.3) is 0 Å². The summed E-state index contributed by atoms with van der Waals surface area (Å²) in [6.07, 6.45) is 2.17. The van der Waals surface area contributed by atoms with Gasteiger partial charge in [-0.15, -0.1) is 0 Å². The number of aryl methyl sites for hydroxylation is 2. The van der Waals surface area contributed by atoms with Gasteiger partial charge in [-0.2, -0.15) is 0 Å². The monoisotopic (exact) mass is 291 g/mol. The average Bonchev–Trinajstić information content (AvgIpc) is 2.86. The van der Waals surface area contributed by atoms with Gasteiger partial charge in [-0.25, -0.2) is 0 Å². The van der Waals surface area contributed by atoms with Gasteiger partial charge in [0.05, 0.1) is 5.92 Å². The molecule has 0 aliphatic heterocycles. The van der Waals surface area contributed by atoms with Crippen LogP contribution in [0.2, 0.25) is 0 Å². The minimum Gasteiger partial charge on any atom is -0.484 e. The SMILES string of the molecule is Cc1ccc(OCC(=O)N[C@@H]2CCC[C@@H]2C(=O)O)c(C)c1. The van der Waals surface area contributed by atoms with E-state index in [1.165, 1.54) is 0 Å². The Morgan fingerprint density at radius 3 is 2.76 bits per heavy atom. The fourth-order valence-electron chi connectivity index (χ4n) is 2.78. The second-order valence-corrected chi connectivity index (χ2v) is 5.61. The zero-order chi connectivity index (χ0) is 15.4. The summed E-state index contributed by atoms with van der Waals surface area (Å²) in [5.41, 5.74) is 2.12. The Balaban J connectivity index is 1.86. The van der Waals surface area contributed by atoms with Crippen LogP contribution in [0.5, 0.6) is 5.75 Å². The summed E-state index contributed by atoms with van der Waals surface area (Å²) in [5.74, 6) is -0.909. The molecule has 2 N–H and O–H groups in total. The van der Waals surface area contributed by atoms with Crippen molar-refractivity contribution in [2.75, 3.05) is 6.61 Å². The van der Waals surface area contributed by atoms with Crippen molar-refractivity contribution in [3.63, 3.8) is 0 Å². The molecule has 0 aromatic heterocycles. The van der Waals surface area contributed by atoms with Gasteiger partial charge in [0.1, 0.15) is 5.75 Å².